The third kappa shape index (κ3) is 6.12. The van der Waals surface area contributed by atoms with Gasteiger partial charge >= 0.3 is 0 Å². The predicted molar refractivity (Wildman–Crippen MR) is 92.6 cm³/mol. The Balaban J connectivity index is 0.00000200. The number of likely N-dealkylation sites (N-methyl/N-ethyl adjacent to an activating group) is 1. The highest BCUT2D eigenvalue weighted by Crippen LogP contribution is 2.21. The Morgan fingerprint density at radius 3 is 2.62 bits per heavy atom. The van der Waals surface area contributed by atoms with Crippen LogP contribution in [0.4, 0.5) is 5.69 Å². The first-order chi connectivity index (χ1) is 9.16. The van der Waals surface area contributed by atoms with Crippen molar-refractivity contribution in [3.05, 3.63) is 29.8 Å². The molecule has 0 atom stereocenters. The number of nitrogens with one attached hydrogen (secondary N) is 1. The average molecular weight is 334 g/mol. The van der Waals surface area contributed by atoms with Crippen LogP contribution < -0.4 is 11.1 Å². The molecule has 4 nitrogen and oxygen atoms in total. The van der Waals surface area contributed by atoms with Crippen molar-refractivity contribution in [2.45, 2.75) is 31.7 Å². The van der Waals surface area contributed by atoms with E-state index in [0.717, 1.165) is 6.54 Å². The number of benzene rings is 1. The predicted octanol–water partition coefficient (Wildman–Crippen LogP) is 2.72. The monoisotopic (exact) mass is 333 g/mol. The average Bonchev–Trinajstić information content (AvgIpc) is 2.92. The van der Waals surface area contributed by atoms with Crippen LogP contribution in [0.5, 0.6) is 0 Å². The lowest BCUT2D eigenvalue weighted by Gasteiger charge is -2.23. The van der Waals surface area contributed by atoms with Crippen LogP contribution in [0.25, 0.3) is 0 Å². The fraction of sp³-hybridized carbons (Fsp3) is 0.533. The van der Waals surface area contributed by atoms with Gasteiger partial charge in [0.2, 0.25) is 0 Å². The molecule has 21 heavy (non-hydrogen) atoms. The number of anilines is 1. The second kappa shape index (κ2) is 9.87. The molecule has 1 fully saturated rings. The van der Waals surface area contributed by atoms with Gasteiger partial charge in [0.05, 0.1) is 0 Å². The van der Waals surface area contributed by atoms with E-state index < -0.39 is 0 Å². The first kappa shape index (κ1) is 20.0. The van der Waals surface area contributed by atoms with E-state index in [1.54, 1.807) is 24.3 Å². The zero-order valence-electron chi connectivity index (χ0n) is 12.4. The van der Waals surface area contributed by atoms with E-state index in [1.165, 1.54) is 25.7 Å². The standard InChI is InChI=1S/C15H23N3O.2ClH/c1-18(14-7-2-3-8-14)10-9-17-15(19)12-5-4-6-13(16)11-12;;/h4-6,11,14H,2-3,7-10,16H2,1H3,(H,17,19);2*1H. The number of nitrogens with zero attached hydrogens (tertiary/aromatic N) is 1. The van der Waals surface area contributed by atoms with E-state index in [4.69, 9.17) is 5.73 Å². The lowest BCUT2D eigenvalue weighted by Crippen LogP contribution is -2.37. The maximum absolute atomic E-state index is 11.9. The number of carbonyl (C=O) groups is 1. The number of nitrogens with two attached hydrogens (primary N) is 1. The van der Waals surface area contributed by atoms with Gasteiger partial charge in [0.15, 0.2) is 0 Å². The van der Waals surface area contributed by atoms with E-state index in [9.17, 15) is 4.79 Å². The van der Waals surface area contributed by atoms with E-state index in [1.807, 2.05) is 0 Å². The molecular weight excluding hydrogens is 309 g/mol. The summed E-state index contributed by atoms with van der Waals surface area (Å²) in [6.07, 6.45) is 5.26. The molecular formula is C15H25Cl2N3O. The summed E-state index contributed by atoms with van der Waals surface area (Å²) in [4.78, 5) is 14.3. The Kier molecular flexibility index (Phi) is 9.42. The Hall–Kier alpha value is -0.970. The minimum absolute atomic E-state index is 0. The van der Waals surface area contributed by atoms with Crippen LogP contribution in [0, 0.1) is 0 Å². The fourth-order valence-corrected chi connectivity index (χ4v) is 2.66. The second-order valence-corrected chi connectivity index (χ2v) is 5.30. The zero-order chi connectivity index (χ0) is 13.7. The molecule has 3 N–H and O–H groups in total. The van der Waals surface area contributed by atoms with Crippen molar-refractivity contribution in [1.82, 2.24) is 10.2 Å². The lowest BCUT2D eigenvalue weighted by atomic mass is 10.2. The molecule has 120 valence electrons. The number of rotatable bonds is 5. The van der Waals surface area contributed by atoms with Gasteiger partial charge in [-0.15, -0.1) is 24.8 Å². The van der Waals surface area contributed by atoms with E-state index >= 15 is 0 Å². The van der Waals surface area contributed by atoms with Gasteiger partial charge in [0, 0.05) is 30.4 Å². The molecule has 0 aliphatic heterocycles. The van der Waals surface area contributed by atoms with Crippen molar-refractivity contribution in [2.24, 2.45) is 0 Å². The Bertz CT molecular complexity index is 437. The van der Waals surface area contributed by atoms with Gasteiger partial charge in [0.25, 0.3) is 5.91 Å². The van der Waals surface area contributed by atoms with Gasteiger partial charge in [-0.2, -0.15) is 0 Å². The summed E-state index contributed by atoms with van der Waals surface area (Å²) in [7, 11) is 2.14. The molecule has 1 aromatic carbocycles. The number of hydrogen-bond acceptors (Lipinski definition) is 3. The maximum Gasteiger partial charge on any atom is 0.251 e. The SMILES string of the molecule is CN(CCNC(=O)c1cccc(N)c1)C1CCCC1.Cl.Cl. The van der Waals surface area contributed by atoms with Crippen molar-refractivity contribution in [3.63, 3.8) is 0 Å². The summed E-state index contributed by atoms with van der Waals surface area (Å²) in [5.74, 6) is -0.0490. The molecule has 0 bridgehead atoms. The van der Waals surface area contributed by atoms with Gasteiger partial charge in [-0.1, -0.05) is 18.9 Å². The molecule has 6 heteroatoms. The third-order valence-electron chi connectivity index (χ3n) is 3.85. The van der Waals surface area contributed by atoms with Crippen LogP contribution in [0.3, 0.4) is 0 Å². The van der Waals surface area contributed by atoms with Gasteiger partial charge in [-0.3, -0.25) is 4.79 Å². The summed E-state index contributed by atoms with van der Waals surface area (Å²) in [6, 6.07) is 7.77. The van der Waals surface area contributed by atoms with Gasteiger partial charge in [0.1, 0.15) is 0 Å². The first-order valence-electron chi connectivity index (χ1n) is 7.01. The molecule has 0 unspecified atom stereocenters. The minimum Gasteiger partial charge on any atom is -0.399 e. The number of amides is 1. The van der Waals surface area contributed by atoms with Gasteiger partial charge < -0.3 is 16.0 Å². The van der Waals surface area contributed by atoms with Crippen molar-refractivity contribution >= 4 is 36.4 Å². The Morgan fingerprint density at radius 1 is 1.33 bits per heavy atom. The quantitative estimate of drug-likeness (QED) is 0.814. The highest BCUT2D eigenvalue weighted by Gasteiger charge is 2.19. The van der Waals surface area contributed by atoms with E-state index in [0.29, 0.717) is 23.8 Å². The van der Waals surface area contributed by atoms with E-state index in [2.05, 4.69) is 17.3 Å². The Morgan fingerprint density at radius 2 is 2.00 bits per heavy atom. The molecule has 2 rings (SSSR count). The van der Waals surface area contributed by atoms with Crippen LogP contribution >= 0.6 is 24.8 Å². The van der Waals surface area contributed by atoms with Crippen molar-refractivity contribution in [1.29, 1.82) is 0 Å². The first-order valence-corrected chi connectivity index (χ1v) is 7.01. The fourth-order valence-electron chi connectivity index (χ4n) is 2.66. The largest absolute Gasteiger partial charge is 0.399 e. The number of halogens is 2. The molecule has 0 aromatic heterocycles. The van der Waals surface area contributed by atoms with Crippen molar-refractivity contribution in [3.8, 4) is 0 Å². The van der Waals surface area contributed by atoms with E-state index in [-0.39, 0.29) is 30.7 Å². The van der Waals surface area contributed by atoms with Crippen LogP contribution in [0.2, 0.25) is 0 Å². The summed E-state index contributed by atoms with van der Waals surface area (Å²) in [6.45, 7) is 1.58. The van der Waals surface area contributed by atoms with Crippen LogP contribution in [0.15, 0.2) is 24.3 Å². The molecule has 1 aliphatic carbocycles. The van der Waals surface area contributed by atoms with Gasteiger partial charge in [-0.25, -0.2) is 0 Å². The van der Waals surface area contributed by atoms with Crippen LogP contribution in [0.1, 0.15) is 36.0 Å². The summed E-state index contributed by atoms with van der Waals surface area (Å²) < 4.78 is 0. The summed E-state index contributed by atoms with van der Waals surface area (Å²) in [5, 5.41) is 2.94. The molecule has 0 radical (unpaired) electrons. The molecule has 0 saturated heterocycles. The van der Waals surface area contributed by atoms with Gasteiger partial charge in [-0.05, 0) is 38.1 Å². The normalized spacial score (nSPS) is 14.4. The molecule has 0 spiro atoms. The minimum atomic E-state index is -0.0490. The molecule has 0 heterocycles. The lowest BCUT2D eigenvalue weighted by molar-refractivity contribution is 0.0947. The molecule has 1 amide bonds. The molecule has 1 aliphatic rings. The zero-order valence-corrected chi connectivity index (χ0v) is 14.0. The smallest absolute Gasteiger partial charge is 0.251 e. The topological polar surface area (TPSA) is 58.4 Å². The highest BCUT2D eigenvalue weighted by molar-refractivity contribution is 5.94. The number of nitrogen functional groups attached to an aromatic ring is 1. The third-order valence-corrected chi connectivity index (χ3v) is 3.85. The van der Waals surface area contributed by atoms with Crippen molar-refractivity contribution in [2.75, 3.05) is 25.9 Å². The second-order valence-electron chi connectivity index (χ2n) is 5.30. The summed E-state index contributed by atoms with van der Waals surface area (Å²) in [5.41, 5.74) is 6.92. The maximum atomic E-state index is 11.9. The highest BCUT2D eigenvalue weighted by atomic mass is 35.5. The molecule has 1 saturated carbocycles. The Labute approximate surface area is 139 Å². The van der Waals surface area contributed by atoms with Crippen LogP contribution in [-0.4, -0.2) is 37.0 Å². The number of hydrogen-bond donors (Lipinski definition) is 2. The number of carbonyl (C=O) groups excluding carboxylic acids is 1. The summed E-state index contributed by atoms with van der Waals surface area (Å²) >= 11 is 0. The molecule has 1 aromatic rings. The van der Waals surface area contributed by atoms with Crippen molar-refractivity contribution < 1.29 is 4.79 Å². The van der Waals surface area contributed by atoms with Crippen LogP contribution in [-0.2, 0) is 0 Å².